The van der Waals surface area contributed by atoms with E-state index in [0.29, 0.717) is 6.04 Å². The lowest BCUT2D eigenvalue weighted by Crippen LogP contribution is -2.28. The molecule has 0 bridgehead atoms. The Hall–Kier alpha value is -0.603. The van der Waals surface area contributed by atoms with Gasteiger partial charge in [0.1, 0.15) is 0 Å². The van der Waals surface area contributed by atoms with Crippen LogP contribution in [0.3, 0.4) is 0 Å². The zero-order valence-electron chi connectivity index (χ0n) is 8.12. The Labute approximate surface area is 77.9 Å². The maximum atomic E-state index is 2.38. The molecule has 0 aromatic heterocycles. The van der Waals surface area contributed by atoms with Crippen LogP contribution in [-0.2, 0) is 6.42 Å². The van der Waals surface area contributed by atoms with Crippen LogP contribution in [0.1, 0.15) is 12.5 Å². The van der Waals surface area contributed by atoms with Crippen molar-refractivity contribution < 1.29 is 0 Å². The molecule has 1 aromatic carbocycles. The summed E-state index contributed by atoms with van der Waals surface area (Å²) >= 11 is 0. The van der Waals surface area contributed by atoms with E-state index in [4.69, 9.17) is 0 Å². The van der Waals surface area contributed by atoms with Crippen molar-refractivity contribution in [2.75, 3.05) is 7.05 Å². The highest BCUT2D eigenvalue weighted by molar-refractivity contribution is 6.04. The molecule has 0 amide bonds. The molecule has 1 rings (SSSR count). The molecule has 0 saturated heterocycles. The molecule has 0 radical (unpaired) electrons. The van der Waals surface area contributed by atoms with Crippen LogP contribution in [-0.4, -0.2) is 28.1 Å². The fraction of sp³-hybridized carbons (Fsp3) is 0.400. The summed E-state index contributed by atoms with van der Waals surface area (Å²) in [6, 6.07) is 11.4. The second-order valence-corrected chi connectivity index (χ2v) is 4.91. The van der Waals surface area contributed by atoms with E-state index in [0.717, 1.165) is 10.4 Å². The summed E-state index contributed by atoms with van der Waals surface area (Å²) in [4.78, 5) is 0. The Morgan fingerprint density at radius 2 is 1.92 bits per heavy atom. The second-order valence-electron chi connectivity index (χ2n) is 3.50. The molecule has 0 spiro atoms. The number of hydrogen-bond donors (Lipinski definition) is 0. The zero-order chi connectivity index (χ0) is 8.97. The maximum Gasteiger partial charge on any atom is 0.0784 e. The van der Waals surface area contributed by atoms with Gasteiger partial charge in [0, 0.05) is 6.04 Å². The third kappa shape index (κ3) is 2.79. The first-order chi connectivity index (χ1) is 5.70. The van der Waals surface area contributed by atoms with Crippen molar-refractivity contribution in [1.29, 1.82) is 0 Å². The average molecular weight is 179 g/mol. The molecule has 66 valence electrons. The van der Waals surface area contributed by atoms with E-state index in [1.807, 2.05) is 0 Å². The van der Waals surface area contributed by atoms with Crippen LogP contribution in [0.2, 0.25) is 0 Å². The van der Waals surface area contributed by atoms with Gasteiger partial charge in [-0.3, -0.25) is 0 Å². The Kier molecular flexibility index (Phi) is 3.50. The van der Waals surface area contributed by atoms with Gasteiger partial charge in [0.2, 0.25) is 0 Å². The summed E-state index contributed by atoms with van der Waals surface area (Å²) in [5.41, 5.74) is 1.44. The van der Waals surface area contributed by atoms with Crippen molar-refractivity contribution in [2.24, 2.45) is 0 Å². The van der Waals surface area contributed by atoms with Gasteiger partial charge < -0.3 is 4.57 Å². The Morgan fingerprint density at radius 3 is 2.42 bits per heavy atom. The van der Waals surface area contributed by atoms with Gasteiger partial charge in [0.15, 0.2) is 0 Å². The highest BCUT2D eigenvalue weighted by Gasteiger charge is 2.03. The van der Waals surface area contributed by atoms with E-state index in [1.165, 1.54) is 12.0 Å². The molecule has 1 unspecified atom stereocenters. The van der Waals surface area contributed by atoms with Crippen molar-refractivity contribution in [3.05, 3.63) is 35.9 Å². The molecule has 0 saturated carbocycles. The summed E-state index contributed by atoms with van der Waals surface area (Å²) < 4.78 is 2.38. The van der Waals surface area contributed by atoms with Gasteiger partial charge in [-0.1, -0.05) is 30.3 Å². The van der Waals surface area contributed by atoms with Crippen molar-refractivity contribution in [3.8, 4) is 0 Å². The van der Waals surface area contributed by atoms with E-state index in [2.05, 4.69) is 48.9 Å². The van der Waals surface area contributed by atoms with E-state index < -0.39 is 0 Å². The molecule has 1 aromatic rings. The standard InChI is InChI=1S/C10H17NSi/c1-9(11(2)12)8-10-6-4-3-5-7-10/h3-7,9H,8H2,1-2,12H3. The molecule has 0 aliphatic rings. The average Bonchev–Trinajstić information content (AvgIpc) is 2.06. The van der Waals surface area contributed by atoms with Gasteiger partial charge >= 0.3 is 0 Å². The zero-order valence-corrected chi connectivity index (χ0v) is 10.1. The van der Waals surface area contributed by atoms with Crippen molar-refractivity contribution in [3.63, 3.8) is 0 Å². The number of benzene rings is 1. The van der Waals surface area contributed by atoms with Crippen LogP contribution in [0.25, 0.3) is 0 Å². The fourth-order valence-electron chi connectivity index (χ4n) is 1.14. The lowest BCUT2D eigenvalue weighted by atomic mass is 10.1. The summed E-state index contributed by atoms with van der Waals surface area (Å²) in [5, 5.41) is 0. The van der Waals surface area contributed by atoms with E-state index in [1.54, 1.807) is 0 Å². The van der Waals surface area contributed by atoms with E-state index >= 15 is 0 Å². The molecule has 0 heterocycles. The highest BCUT2D eigenvalue weighted by Crippen LogP contribution is 2.04. The molecule has 1 atom stereocenters. The van der Waals surface area contributed by atoms with Crippen LogP contribution in [0.5, 0.6) is 0 Å². The molecule has 0 aliphatic heterocycles. The first kappa shape index (κ1) is 9.48. The monoisotopic (exact) mass is 179 g/mol. The molecule has 0 N–H and O–H groups in total. The van der Waals surface area contributed by atoms with Crippen molar-refractivity contribution >= 4 is 10.4 Å². The largest absolute Gasteiger partial charge is 0.332 e. The van der Waals surface area contributed by atoms with E-state index in [-0.39, 0.29) is 0 Å². The first-order valence-corrected chi connectivity index (χ1v) is 5.30. The van der Waals surface area contributed by atoms with Gasteiger partial charge in [-0.2, -0.15) is 0 Å². The second kappa shape index (κ2) is 4.43. The van der Waals surface area contributed by atoms with Gasteiger partial charge in [-0.25, -0.2) is 0 Å². The summed E-state index contributed by atoms with van der Waals surface area (Å²) in [6.45, 7) is 2.28. The van der Waals surface area contributed by atoms with Gasteiger partial charge in [-0.15, -0.1) is 0 Å². The SMILES string of the molecule is CC(Cc1ccccc1)N(C)[SiH3]. The molecule has 1 nitrogen and oxygen atoms in total. The Morgan fingerprint density at radius 1 is 1.33 bits per heavy atom. The minimum atomic E-state index is 0.680. The maximum absolute atomic E-state index is 2.38. The van der Waals surface area contributed by atoms with Crippen LogP contribution in [0.4, 0.5) is 0 Å². The smallest absolute Gasteiger partial charge is 0.0784 e. The first-order valence-electron chi connectivity index (χ1n) is 4.40. The normalized spacial score (nSPS) is 13.6. The molecular formula is C10H17NSi. The third-order valence-corrected chi connectivity index (χ3v) is 3.14. The van der Waals surface area contributed by atoms with Gasteiger partial charge in [0.05, 0.1) is 10.4 Å². The molecule has 0 aliphatic carbocycles. The predicted molar refractivity (Wildman–Crippen MR) is 57.3 cm³/mol. The molecular weight excluding hydrogens is 162 g/mol. The molecule has 2 heteroatoms. The van der Waals surface area contributed by atoms with Crippen LogP contribution < -0.4 is 0 Å². The van der Waals surface area contributed by atoms with Gasteiger partial charge in [-0.05, 0) is 26.0 Å². The molecule has 0 fully saturated rings. The van der Waals surface area contributed by atoms with Crippen LogP contribution in [0, 0.1) is 0 Å². The minimum absolute atomic E-state index is 0.680. The summed E-state index contributed by atoms with van der Waals surface area (Å²) in [5.74, 6) is 0. The van der Waals surface area contributed by atoms with Crippen LogP contribution in [0.15, 0.2) is 30.3 Å². The number of hydrogen-bond acceptors (Lipinski definition) is 1. The predicted octanol–water partition coefficient (Wildman–Crippen LogP) is 0.830. The van der Waals surface area contributed by atoms with E-state index in [9.17, 15) is 0 Å². The Bertz CT molecular complexity index is 221. The number of likely N-dealkylation sites (N-methyl/N-ethyl adjacent to an activating group) is 1. The van der Waals surface area contributed by atoms with Crippen LogP contribution >= 0.6 is 0 Å². The fourth-order valence-corrected chi connectivity index (χ4v) is 1.32. The highest BCUT2D eigenvalue weighted by atomic mass is 28.2. The van der Waals surface area contributed by atoms with Gasteiger partial charge in [0.25, 0.3) is 0 Å². The summed E-state index contributed by atoms with van der Waals surface area (Å²) in [7, 11) is 3.33. The van der Waals surface area contributed by atoms with Crippen molar-refractivity contribution in [2.45, 2.75) is 19.4 Å². The topological polar surface area (TPSA) is 3.24 Å². The number of nitrogens with zero attached hydrogens (tertiary/aromatic N) is 1. The summed E-state index contributed by atoms with van der Waals surface area (Å²) in [6.07, 6.45) is 1.17. The molecule has 12 heavy (non-hydrogen) atoms. The lowest BCUT2D eigenvalue weighted by Gasteiger charge is -2.19. The third-order valence-electron chi connectivity index (χ3n) is 2.26. The quantitative estimate of drug-likeness (QED) is 0.621. The number of rotatable bonds is 3. The van der Waals surface area contributed by atoms with Crippen molar-refractivity contribution in [1.82, 2.24) is 4.57 Å². The minimum Gasteiger partial charge on any atom is -0.332 e. The Balaban J connectivity index is 2.53. The lowest BCUT2D eigenvalue weighted by molar-refractivity contribution is 0.418.